The van der Waals surface area contributed by atoms with Crippen molar-refractivity contribution in [2.24, 2.45) is 0 Å². The first kappa shape index (κ1) is 29.2. The lowest BCUT2D eigenvalue weighted by atomic mass is 9.92. The first-order chi connectivity index (χ1) is 23.6. The predicted molar refractivity (Wildman–Crippen MR) is 197 cm³/mol. The third-order valence-electron chi connectivity index (χ3n) is 8.87. The topological polar surface area (TPSA) is 51.6 Å². The zero-order chi connectivity index (χ0) is 32.5. The van der Waals surface area contributed by atoms with Gasteiger partial charge in [-0.3, -0.25) is 9.97 Å². The van der Waals surface area contributed by atoms with Crippen LogP contribution in [0.4, 0.5) is 0 Å². The van der Waals surface area contributed by atoms with E-state index in [1.54, 1.807) is 0 Å². The first-order valence-electron chi connectivity index (χ1n) is 16.1. The molecule has 0 N–H and O–H groups in total. The molecule has 0 aliphatic heterocycles. The van der Waals surface area contributed by atoms with Crippen molar-refractivity contribution in [1.82, 2.24) is 19.9 Å². The summed E-state index contributed by atoms with van der Waals surface area (Å²) in [7, 11) is 0. The molecule has 3 aromatic heterocycles. The number of benzene rings is 5. The minimum atomic E-state index is 0.846. The Morgan fingerprint density at radius 2 is 0.604 bits per heavy atom. The van der Waals surface area contributed by atoms with Gasteiger partial charge in [-0.2, -0.15) is 0 Å². The Labute approximate surface area is 280 Å². The molecule has 228 valence electrons. The van der Waals surface area contributed by atoms with E-state index in [2.05, 4.69) is 133 Å². The number of fused-ring (bicyclic) bond motifs is 1. The van der Waals surface area contributed by atoms with Crippen molar-refractivity contribution in [3.8, 4) is 67.0 Å². The molecule has 8 rings (SSSR count). The second kappa shape index (κ2) is 12.5. The van der Waals surface area contributed by atoms with E-state index in [4.69, 9.17) is 9.97 Å². The van der Waals surface area contributed by atoms with E-state index >= 15 is 0 Å². The van der Waals surface area contributed by atoms with Gasteiger partial charge in [0.2, 0.25) is 0 Å². The summed E-state index contributed by atoms with van der Waals surface area (Å²) >= 11 is 0. The maximum atomic E-state index is 5.38. The van der Waals surface area contributed by atoms with Gasteiger partial charge in [0.25, 0.3) is 0 Å². The lowest BCUT2D eigenvalue weighted by Gasteiger charge is -2.16. The summed E-state index contributed by atoms with van der Waals surface area (Å²) in [5, 5.41) is 0. The average molecular weight is 617 g/mol. The molecule has 0 atom stereocenters. The van der Waals surface area contributed by atoms with Crippen LogP contribution in [0.1, 0.15) is 11.1 Å². The van der Waals surface area contributed by atoms with Gasteiger partial charge in [0.1, 0.15) is 0 Å². The van der Waals surface area contributed by atoms with Crippen molar-refractivity contribution < 1.29 is 0 Å². The summed E-state index contributed by atoms with van der Waals surface area (Å²) in [5.74, 6) is 0. The van der Waals surface area contributed by atoms with Crippen LogP contribution in [0.15, 0.2) is 158 Å². The van der Waals surface area contributed by atoms with Crippen molar-refractivity contribution in [2.75, 3.05) is 0 Å². The molecule has 8 aromatic rings. The van der Waals surface area contributed by atoms with Crippen LogP contribution in [0.3, 0.4) is 0 Å². The molecule has 0 amide bonds. The quantitative estimate of drug-likeness (QED) is 0.186. The molecule has 0 radical (unpaired) electrons. The van der Waals surface area contributed by atoms with E-state index in [9.17, 15) is 0 Å². The standard InChI is InChI=1S/C44H32N4/c1-29-3-7-35(8-4-29)39-27-41-42(28-40(39)36-9-5-30(2)6-10-36)48-44(38-17-13-32(14-18-38)34-21-25-46-26-22-34)43(47-41)37-15-11-31(12-16-37)33-19-23-45-24-20-33/h3-28H,1-2H3. The van der Waals surface area contributed by atoms with Gasteiger partial charge in [-0.25, -0.2) is 9.97 Å². The third kappa shape index (κ3) is 5.76. The Morgan fingerprint density at radius 3 is 0.958 bits per heavy atom. The van der Waals surface area contributed by atoms with Gasteiger partial charge < -0.3 is 0 Å². The lowest BCUT2D eigenvalue weighted by molar-refractivity contribution is 1.29. The maximum Gasteiger partial charge on any atom is 0.0973 e. The van der Waals surface area contributed by atoms with Gasteiger partial charge in [0, 0.05) is 35.9 Å². The van der Waals surface area contributed by atoms with Gasteiger partial charge >= 0.3 is 0 Å². The number of rotatable bonds is 6. The highest BCUT2D eigenvalue weighted by Crippen LogP contribution is 2.39. The Kier molecular flexibility index (Phi) is 7.60. The highest BCUT2D eigenvalue weighted by atomic mass is 14.8. The minimum absolute atomic E-state index is 0.846. The zero-order valence-corrected chi connectivity index (χ0v) is 26.8. The zero-order valence-electron chi connectivity index (χ0n) is 26.8. The van der Waals surface area contributed by atoms with Crippen LogP contribution in [0, 0.1) is 13.8 Å². The molecule has 48 heavy (non-hydrogen) atoms. The van der Waals surface area contributed by atoms with Crippen LogP contribution >= 0.6 is 0 Å². The Bertz CT molecular complexity index is 2180. The Morgan fingerprint density at radius 1 is 0.312 bits per heavy atom. The fraction of sp³-hybridized carbons (Fsp3) is 0.0455. The second-order valence-corrected chi connectivity index (χ2v) is 12.2. The van der Waals surface area contributed by atoms with Gasteiger partial charge in [-0.1, -0.05) is 108 Å². The van der Waals surface area contributed by atoms with Gasteiger partial charge in [0.05, 0.1) is 22.4 Å². The molecule has 0 aliphatic carbocycles. The molecule has 0 saturated heterocycles. The highest BCUT2D eigenvalue weighted by molar-refractivity contribution is 5.96. The first-order valence-corrected chi connectivity index (χ1v) is 16.1. The van der Waals surface area contributed by atoms with Crippen molar-refractivity contribution >= 4 is 11.0 Å². The molecule has 4 nitrogen and oxygen atoms in total. The summed E-state index contributed by atoms with van der Waals surface area (Å²) in [6, 6.07) is 47.1. The van der Waals surface area contributed by atoms with Crippen molar-refractivity contribution in [1.29, 1.82) is 0 Å². The smallest absolute Gasteiger partial charge is 0.0973 e. The number of hydrogen-bond donors (Lipinski definition) is 0. The molecule has 0 fully saturated rings. The fourth-order valence-corrected chi connectivity index (χ4v) is 6.18. The summed E-state index contributed by atoms with van der Waals surface area (Å²) in [6.45, 7) is 4.24. The molecule has 0 saturated carbocycles. The lowest BCUT2D eigenvalue weighted by Crippen LogP contribution is -1.97. The number of hydrogen-bond acceptors (Lipinski definition) is 4. The largest absolute Gasteiger partial charge is 0.265 e. The normalized spacial score (nSPS) is 11.1. The van der Waals surface area contributed by atoms with Gasteiger partial charge in [-0.15, -0.1) is 0 Å². The van der Waals surface area contributed by atoms with Crippen LogP contribution < -0.4 is 0 Å². The third-order valence-corrected chi connectivity index (χ3v) is 8.87. The number of pyridine rings is 2. The molecule has 3 heterocycles. The summed E-state index contributed by atoms with van der Waals surface area (Å²) in [4.78, 5) is 19.1. The average Bonchev–Trinajstić information content (AvgIpc) is 3.15. The SMILES string of the molecule is Cc1ccc(-c2cc3nc(-c4ccc(-c5ccncc5)cc4)c(-c4ccc(-c5ccncc5)cc4)nc3cc2-c2ccc(C)cc2)cc1. The number of aryl methyl sites for hydroxylation is 2. The Balaban J connectivity index is 1.33. The fourth-order valence-electron chi connectivity index (χ4n) is 6.18. The summed E-state index contributed by atoms with van der Waals surface area (Å²) in [5.41, 5.74) is 17.0. The van der Waals surface area contributed by atoms with Crippen LogP contribution in [-0.2, 0) is 0 Å². The molecular formula is C44H32N4. The second-order valence-electron chi connectivity index (χ2n) is 12.2. The summed E-state index contributed by atoms with van der Waals surface area (Å²) < 4.78 is 0. The van der Waals surface area contributed by atoms with Crippen LogP contribution in [-0.4, -0.2) is 19.9 Å². The molecule has 0 unspecified atom stereocenters. The highest BCUT2D eigenvalue weighted by Gasteiger charge is 2.17. The van der Waals surface area contributed by atoms with Crippen LogP contribution in [0.2, 0.25) is 0 Å². The van der Waals surface area contributed by atoms with Crippen molar-refractivity contribution in [3.63, 3.8) is 0 Å². The summed E-state index contributed by atoms with van der Waals surface area (Å²) in [6.07, 6.45) is 7.29. The van der Waals surface area contributed by atoms with E-state index in [-0.39, 0.29) is 0 Å². The minimum Gasteiger partial charge on any atom is -0.265 e. The van der Waals surface area contributed by atoms with Gasteiger partial charge in [-0.05, 0) is 94.8 Å². The maximum absolute atomic E-state index is 5.38. The molecule has 5 aromatic carbocycles. The van der Waals surface area contributed by atoms with E-state index in [0.29, 0.717) is 0 Å². The van der Waals surface area contributed by atoms with Crippen molar-refractivity contribution in [2.45, 2.75) is 13.8 Å². The van der Waals surface area contributed by atoms with E-state index in [1.165, 1.54) is 11.1 Å². The van der Waals surface area contributed by atoms with E-state index < -0.39 is 0 Å². The predicted octanol–water partition coefficient (Wildman–Crippen LogP) is 11.0. The van der Waals surface area contributed by atoms with Crippen molar-refractivity contribution in [3.05, 3.63) is 169 Å². The Hall–Kier alpha value is -6.26. The number of aromatic nitrogens is 4. The van der Waals surface area contributed by atoms with Crippen LogP contribution in [0.5, 0.6) is 0 Å². The van der Waals surface area contributed by atoms with Gasteiger partial charge in [0.15, 0.2) is 0 Å². The molecule has 4 heteroatoms. The molecule has 0 bridgehead atoms. The van der Waals surface area contributed by atoms with E-state index in [1.807, 2.05) is 49.1 Å². The number of nitrogens with zero attached hydrogens (tertiary/aromatic N) is 4. The molecule has 0 spiro atoms. The molecule has 0 aliphatic rings. The van der Waals surface area contributed by atoms with Crippen LogP contribution in [0.25, 0.3) is 78.1 Å². The molecular weight excluding hydrogens is 585 g/mol. The monoisotopic (exact) mass is 616 g/mol. The van der Waals surface area contributed by atoms with E-state index in [0.717, 1.165) is 78.1 Å².